The van der Waals surface area contributed by atoms with Crippen molar-refractivity contribution < 1.29 is 18.4 Å². The van der Waals surface area contributed by atoms with Crippen LogP contribution in [-0.4, -0.2) is 6.29 Å². The highest BCUT2D eigenvalue weighted by Gasteiger charge is 2.31. The van der Waals surface area contributed by atoms with Crippen LogP contribution < -0.4 is 14.4 Å². The number of para-hydroxylation sites is 2. The van der Waals surface area contributed by atoms with Gasteiger partial charge < -0.3 is 9.05 Å². The van der Waals surface area contributed by atoms with Crippen LogP contribution in [0.5, 0.6) is 11.5 Å². The predicted molar refractivity (Wildman–Crippen MR) is 93.2 cm³/mol. The average molecular weight is 338 g/mol. The lowest BCUT2D eigenvalue weighted by Gasteiger charge is -2.20. The van der Waals surface area contributed by atoms with Gasteiger partial charge in [-0.15, -0.1) is 0 Å². The molecule has 0 saturated heterocycles. The summed E-state index contributed by atoms with van der Waals surface area (Å²) in [5.74, 6) is 0.882. The molecule has 0 spiro atoms. The van der Waals surface area contributed by atoms with E-state index in [1.54, 1.807) is 72.8 Å². The van der Waals surface area contributed by atoms with Crippen LogP contribution in [0.4, 0.5) is 0 Å². The number of carbonyl (C=O) groups is 1. The molecule has 0 bridgehead atoms. The van der Waals surface area contributed by atoms with Gasteiger partial charge >= 0.3 is 7.60 Å². The second kappa shape index (κ2) is 7.16. The first kappa shape index (κ1) is 16.0. The smallest absolute Gasteiger partial charge is 0.413 e. The molecular formula is C19H15O4P. The first-order valence-electron chi connectivity index (χ1n) is 7.35. The molecule has 120 valence electrons. The summed E-state index contributed by atoms with van der Waals surface area (Å²) < 4.78 is 24.8. The summed E-state index contributed by atoms with van der Waals surface area (Å²) in [5.41, 5.74) is 0.490. The van der Waals surface area contributed by atoms with Crippen LogP contribution in [0.25, 0.3) is 0 Å². The summed E-state index contributed by atoms with van der Waals surface area (Å²) >= 11 is 0. The number of aldehydes is 1. The maximum absolute atomic E-state index is 13.4. The van der Waals surface area contributed by atoms with E-state index in [9.17, 15) is 9.36 Å². The normalized spacial score (nSPS) is 10.8. The van der Waals surface area contributed by atoms with Crippen LogP contribution >= 0.6 is 7.60 Å². The van der Waals surface area contributed by atoms with Gasteiger partial charge in [-0.2, -0.15) is 0 Å². The third-order valence-corrected chi connectivity index (χ3v) is 5.12. The van der Waals surface area contributed by atoms with Crippen molar-refractivity contribution in [1.82, 2.24) is 0 Å². The number of hydrogen-bond donors (Lipinski definition) is 0. The molecule has 0 heterocycles. The van der Waals surface area contributed by atoms with Crippen LogP contribution in [0.15, 0.2) is 84.9 Å². The van der Waals surface area contributed by atoms with Crippen molar-refractivity contribution in [2.24, 2.45) is 0 Å². The van der Waals surface area contributed by atoms with Crippen molar-refractivity contribution in [3.05, 3.63) is 90.5 Å². The molecule has 0 amide bonds. The van der Waals surface area contributed by atoms with Gasteiger partial charge in [0, 0.05) is 5.56 Å². The molecule has 5 heteroatoms. The molecule has 0 aliphatic rings. The third-order valence-electron chi connectivity index (χ3n) is 3.28. The van der Waals surface area contributed by atoms with Crippen molar-refractivity contribution in [2.45, 2.75) is 0 Å². The number of benzene rings is 3. The van der Waals surface area contributed by atoms with Crippen molar-refractivity contribution in [3.63, 3.8) is 0 Å². The van der Waals surface area contributed by atoms with Gasteiger partial charge in [0.05, 0.1) is 5.30 Å². The Balaban J connectivity index is 1.98. The van der Waals surface area contributed by atoms with Gasteiger partial charge in [0.15, 0.2) is 0 Å². The summed E-state index contributed by atoms with van der Waals surface area (Å²) in [6.45, 7) is 0. The fourth-order valence-electron chi connectivity index (χ4n) is 2.10. The van der Waals surface area contributed by atoms with E-state index in [-0.39, 0.29) is 0 Å². The van der Waals surface area contributed by atoms with Gasteiger partial charge in [-0.1, -0.05) is 48.5 Å². The van der Waals surface area contributed by atoms with Gasteiger partial charge in [0.2, 0.25) is 0 Å². The van der Waals surface area contributed by atoms with E-state index in [1.807, 2.05) is 12.1 Å². The SMILES string of the molecule is O=Cc1ccc(P(=O)(Oc2ccccc2)Oc2ccccc2)cc1. The number of carbonyl (C=O) groups excluding carboxylic acids is 1. The van der Waals surface area contributed by atoms with Crippen LogP contribution in [0.2, 0.25) is 0 Å². The van der Waals surface area contributed by atoms with Crippen LogP contribution in [0.1, 0.15) is 10.4 Å². The molecular weight excluding hydrogens is 323 g/mol. The highest BCUT2D eigenvalue weighted by atomic mass is 31.2. The minimum absolute atomic E-state index is 0.376. The van der Waals surface area contributed by atoms with Gasteiger partial charge in [0.25, 0.3) is 0 Å². The molecule has 0 fully saturated rings. The van der Waals surface area contributed by atoms with E-state index in [1.165, 1.54) is 0 Å². The zero-order valence-corrected chi connectivity index (χ0v) is 13.6. The molecule has 0 atom stereocenters. The molecule has 0 saturated carbocycles. The molecule has 24 heavy (non-hydrogen) atoms. The Kier molecular flexibility index (Phi) is 4.78. The van der Waals surface area contributed by atoms with Gasteiger partial charge in [0.1, 0.15) is 17.8 Å². The molecule has 4 nitrogen and oxygen atoms in total. The largest absolute Gasteiger partial charge is 0.462 e. The molecule has 0 radical (unpaired) electrons. The summed E-state index contributed by atoms with van der Waals surface area (Å²) in [7, 11) is -3.66. The van der Waals surface area contributed by atoms with Gasteiger partial charge in [-0.05, 0) is 36.4 Å². The molecule has 0 N–H and O–H groups in total. The van der Waals surface area contributed by atoms with Crippen LogP contribution in [0.3, 0.4) is 0 Å². The Morgan fingerprint density at radius 2 is 1.12 bits per heavy atom. The first-order chi connectivity index (χ1) is 11.7. The minimum atomic E-state index is -3.66. The standard InChI is InChI=1S/C19H15O4P/c20-15-16-11-13-19(14-12-16)24(21,22-17-7-3-1-4-8-17)23-18-9-5-2-6-10-18/h1-15H. The van der Waals surface area contributed by atoms with Crippen LogP contribution in [0, 0.1) is 0 Å². The van der Waals surface area contributed by atoms with Crippen molar-refractivity contribution in [1.29, 1.82) is 0 Å². The highest BCUT2D eigenvalue weighted by Crippen LogP contribution is 2.47. The summed E-state index contributed by atoms with van der Waals surface area (Å²) in [4.78, 5) is 10.8. The molecule has 3 rings (SSSR count). The molecule has 3 aromatic rings. The third kappa shape index (κ3) is 3.73. The van der Waals surface area contributed by atoms with E-state index in [4.69, 9.17) is 9.05 Å². The Bertz CT molecular complexity index is 800. The lowest BCUT2D eigenvalue weighted by Crippen LogP contribution is -2.14. The second-order valence-electron chi connectivity index (χ2n) is 5.02. The maximum atomic E-state index is 13.4. The van der Waals surface area contributed by atoms with E-state index < -0.39 is 7.60 Å². The second-order valence-corrected chi connectivity index (χ2v) is 6.89. The molecule has 0 aliphatic heterocycles. The average Bonchev–Trinajstić information content (AvgIpc) is 2.63. The Morgan fingerprint density at radius 1 is 0.667 bits per heavy atom. The van der Waals surface area contributed by atoms with E-state index in [2.05, 4.69) is 0 Å². The zero-order valence-electron chi connectivity index (χ0n) is 12.7. The summed E-state index contributed by atoms with van der Waals surface area (Å²) in [5, 5.41) is 0.376. The summed E-state index contributed by atoms with van der Waals surface area (Å²) in [6.07, 6.45) is 0.727. The Morgan fingerprint density at radius 3 is 1.54 bits per heavy atom. The number of rotatable bonds is 6. The van der Waals surface area contributed by atoms with E-state index in [0.717, 1.165) is 6.29 Å². The van der Waals surface area contributed by atoms with Gasteiger partial charge in [-0.3, -0.25) is 4.79 Å². The van der Waals surface area contributed by atoms with E-state index >= 15 is 0 Å². The Hall–Kier alpha value is -2.84. The maximum Gasteiger partial charge on any atom is 0.462 e. The lowest BCUT2D eigenvalue weighted by molar-refractivity contribution is 0.112. The molecule has 0 aliphatic carbocycles. The molecule has 0 unspecified atom stereocenters. The monoisotopic (exact) mass is 338 g/mol. The summed E-state index contributed by atoms with van der Waals surface area (Å²) in [6, 6.07) is 24.0. The Labute approximate surface area is 140 Å². The predicted octanol–water partition coefficient (Wildman–Crippen LogP) is 4.48. The van der Waals surface area contributed by atoms with Crippen LogP contribution in [-0.2, 0) is 4.57 Å². The van der Waals surface area contributed by atoms with E-state index in [0.29, 0.717) is 22.4 Å². The van der Waals surface area contributed by atoms with Gasteiger partial charge in [-0.25, -0.2) is 4.57 Å². The van der Waals surface area contributed by atoms with Crippen molar-refractivity contribution in [3.8, 4) is 11.5 Å². The molecule has 0 aromatic heterocycles. The topological polar surface area (TPSA) is 52.6 Å². The van der Waals surface area contributed by atoms with Crippen molar-refractivity contribution >= 4 is 19.2 Å². The van der Waals surface area contributed by atoms with Crippen molar-refractivity contribution in [2.75, 3.05) is 0 Å². The number of hydrogen-bond acceptors (Lipinski definition) is 4. The minimum Gasteiger partial charge on any atom is -0.413 e. The highest BCUT2D eigenvalue weighted by molar-refractivity contribution is 7.63. The quantitative estimate of drug-likeness (QED) is 0.491. The first-order valence-corrected chi connectivity index (χ1v) is 8.89. The lowest BCUT2D eigenvalue weighted by atomic mass is 10.2. The zero-order chi connectivity index (χ0) is 16.8. The molecule has 3 aromatic carbocycles. The fourth-order valence-corrected chi connectivity index (χ4v) is 3.66. The fraction of sp³-hybridized carbons (Fsp3) is 0.